The summed E-state index contributed by atoms with van der Waals surface area (Å²) < 4.78 is 5.17. The number of carbonyl (C=O) groups excluding carboxylic acids is 1. The summed E-state index contributed by atoms with van der Waals surface area (Å²) in [7, 11) is 0. The first-order valence-electron chi connectivity index (χ1n) is 6.35. The molecule has 0 amide bonds. The smallest absolute Gasteiger partial charge is 0.365 e. The molecule has 0 spiro atoms. The van der Waals surface area contributed by atoms with Gasteiger partial charge in [0.15, 0.2) is 5.70 Å². The van der Waals surface area contributed by atoms with Crippen LogP contribution in [0.1, 0.15) is 11.1 Å². The van der Waals surface area contributed by atoms with E-state index in [1.165, 1.54) is 0 Å². The van der Waals surface area contributed by atoms with Crippen molar-refractivity contribution in [2.24, 2.45) is 4.99 Å². The van der Waals surface area contributed by atoms with Crippen LogP contribution in [0, 0.1) is 11.3 Å². The fourth-order valence-corrected chi connectivity index (χ4v) is 2.03. The summed E-state index contributed by atoms with van der Waals surface area (Å²) in [6, 6.07) is 20.1. The fraction of sp³-hybridized carbons (Fsp3) is 0. The second kappa shape index (κ2) is 5.43. The number of allylic oxidation sites excluding steroid dienone is 1. The van der Waals surface area contributed by atoms with Crippen LogP contribution in [0.3, 0.4) is 0 Å². The lowest BCUT2D eigenvalue weighted by molar-refractivity contribution is -0.129. The number of carbonyl (C=O) groups is 1. The molecule has 0 radical (unpaired) electrons. The van der Waals surface area contributed by atoms with Gasteiger partial charge in [-0.1, -0.05) is 48.5 Å². The number of nitrogens with zero attached hydrogens (tertiary/aromatic N) is 2. The molecular weight excluding hydrogens is 264 g/mol. The fourth-order valence-electron chi connectivity index (χ4n) is 2.03. The van der Waals surface area contributed by atoms with Crippen LogP contribution in [0.2, 0.25) is 0 Å². The highest BCUT2D eigenvalue weighted by molar-refractivity contribution is 6.15. The summed E-state index contributed by atoms with van der Waals surface area (Å²) in [5.74, 6) is -0.381. The quantitative estimate of drug-likeness (QED) is 0.480. The summed E-state index contributed by atoms with van der Waals surface area (Å²) in [6.45, 7) is 0. The Hall–Kier alpha value is -3.19. The summed E-state index contributed by atoms with van der Waals surface area (Å²) >= 11 is 0. The Kier molecular flexibility index (Phi) is 3.32. The van der Waals surface area contributed by atoms with Crippen molar-refractivity contribution in [2.75, 3.05) is 0 Å². The van der Waals surface area contributed by atoms with Gasteiger partial charge in [0.05, 0.1) is 5.57 Å². The third kappa shape index (κ3) is 2.45. The molecule has 0 aromatic heterocycles. The zero-order valence-corrected chi connectivity index (χ0v) is 11.0. The van der Waals surface area contributed by atoms with E-state index in [1.807, 2.05) is 30.3 Å². The second-order valence-corrected chi connectivity index (χ2v) is 4.37. The zero-order chi connectivity index (χ0) is 14.7. The third-order valence-corrected chi connectivity index (χ3v) is 3.03. The van der Waals surface area contributed by atoms with E-state index in [-0.39, 0.29) is 17.2 Å². The number of hydrogen-bond acceptors (Lipinski definition) is 4. The van der Waals surface area contributed by atoms with Crippen molar-refractivity contribution in [1.29, 1.82) is 5.26 Å². The minimum atomic E-state index is -0.603. The van der Waals surface area contributed by atoms with Gasteiger partial charge in [0.1, 0.15) is 6.07 Å². The van der Waals surface area contributed by atoms with Crippen molar-refractivity contribution in [1.82, 2.24) is 0 Å². The van der Waals surface area contributed by atoms with Crippen molar-refractivity contribution >= 4 is 17.4 Å². The maximum absolute atomic E-state index is 12.0. The van der Waals surface area contributed by atoms with Crippen molar-refractivity contribution in [3.8, 4) is 6.07 Å². The van der Waals surface area contributed by atoms with Crippen LogP contribution in [0.15, 0.2) is 71.4 Å². The van der Waals surface area contributed by atoms with Gasteiger partial charge < -0.3 is 4.74 Å². The molecule has 0 saturated carbocycles. The Morgan fingerprint density at radius 1 is 1.00 bits per heavy atom. The van der Waals surface area contributed by atoms with Gasteiger partial charge in [-0.25, -0.2) is 9.79 Å². The first-order valence-corrected chi connectivity index (χ1v) is 6.35. The largest absolute Gasteiger partial charge is 0.402 e. The van der Waals surface area contributed by atoms with Crippen LogP contribution in [0.4, 0.5) is 0 Å². The number of nitriles is 1. The maximum atomic E-state index is 12.0. The minimum Gasteiger partial charge on any atom is -0.402 e. The maximum Gasteiger partial charge on any atom is 0.365 e. The summed E-state index contributed by atoms with van der Waals surface area (Å²) in [6.07, 6.45) is 0. The highest BCUT2D eigenvalue weighted by atomic mass is 16.6. The summed E-state index contributed by atoms with van der Waals surface area (Å²) in [5.41, 5.74) is 1.60. The molecule has 4 heteroatoms. The molecule has 0 unspecified atom stereocenters. The number of benzene rings is 2. The van der Waals surface area contributed by atoms with Crippen LogP contribution in [-0.2, 0) is 9.53 Å². The van der Waals surface area contributed by atoms with Gasteiger partial charge in [-0.3, -0.25) is 0 Å². The minimum absolute atomic E-state index is 0.0440. The topological polar surface area (TPSA) is 62.4 Å². The van der Waals surface area contributed by atoms with E-state index >= 15 is 0 Å². The Balaban J connectivity index is 2.09. The van der Waals surface area contributed by atoms with Crippen molar-refractivity contribution < 1.29 is 9.53 Å². The zero-order valence-electron chi connectivity index (χ0n) is 11.0. The first kappa shape index (κ1) is 12.8. The summed E-state index contributed by atoms with van der Waals surface area (Å²) in [5, 5.41) is 9.33. The molecule has 21 heavy (non-hydrogen) atoms. The normalized spacial score (nSPS) is 16.0. The van der Waals surface area contributed by atoms with Gasteiger partial charge in [0.25, 0.3) is 0 Å². The Labute approximate surface area is 121 Å². The number of cyclic esters (lactones) is 1. The molecule has 2 aromatic carbocycles. The first-order chi connectivity index (χ1) is 10.3. The van der Waals surface area contributed by atoms with Crippen LogP contribution in [0.5, 0.6) is 0 Å². The number of esters is 1. The van der Waals surface area contributed by atoms with Gasteiger partial charge in [-0.2, -0.15) is 5.26 Å². The molecule has 100 valence electrons. The van der Waals surface area contributed by atoms with Crippen molar-refractivity contribution in [2.45, 2.75) is 0 Å². The molecule has 0 bridgehead atoms. The van der Waals surface area contributed by atoms with Crippen molar-refractivity contribution in [3.05, 3.63) is 77.5 Å². The highest BCUT2D eigenvalue weighted by Gasteiger charge is 2.28. The molecule has 0 atom stereocenters. The molecule has 1 aliphatic rings. The number of ether oxygens (including phenoxy) is 1. The number of aliphatic imine (C=N–C) groups is 1. The monoisotopic (exact) mass is 274 g/mol. The molecule has 2 aromatic rings. The molecule has 3 rings (SSSR count). The highest BCUT2D eigenvalue weighted by Crippen LogP contribution is 2.25. The van der Waals surface area contributed by atoms with Crippen LogP contribution < -0.4 is 0 Å². The van der Waals surface area contributed by atoms with E-state index in [9.17, 15) is 10.1 Å². The predicted octanol–water partition coefficient (Wildman–Crippen LogP) is 2.92. The molecule has 0 saturated heterocycles. The Morgan fingerprint density at radius 3 is 2.24 bits per heavy atom. The molecule has 1 heterocycles. The second-order valence-electron chi connectivity index (χ2n) is 4.37. The lowest BCUT2D eigenvalue weighted by Gasteiger charge is -1.98. The third-order valence-electron chi connectivity index (χ3n) is 3.03. The SMILES string of the molecule is N#C/C(=C1/N=C(c2ccccc2)OC1=O)c1ccccc1. The van der Waals surface area contributed by atoms with Gasteiger partial charge in [0.2, 0.25) is 5.90 Å². The van der Waals surface area contributed by atoms with Crippen LogP contribution >= 0.6 is 0 Å². The van der Waals surface area contributed by atoms with E-state index in [0.29, 0.717) is 11.1 Å². The van der Waals surface area contributed by atoms with Crippen LogP contribution in [-0.4, -0.2) is 11.9 Å². The van der Waals surface area contributed by atoms with E-state index in [4.69, 9.17) is 4.74 Å². The van der Waals surface area contributed by atoms with Gasteiger partial charge in [-0.05, 0) is 17.7 Å². The van der Waals surface area contributed by atoms with E-state index in [2.05, 4.69) is 4.99 Å². The number of hydrogen-bond donors (Lipinski definition) is 0. The molecule has 0 fully saturated rings. The molecule has 0 N–H and O–H groups in total. The van der Waals surface area contributed by atoms with Gasteiger partial charge in [0, 0.05) is 5.56 Å². The molecular formula is C17H10N2O2. The summed E-state index contributed by atoms with van der Waals surface area (Å²) in [4.78, 5) is 16.2. The van der Waals surface area contributed by atoms with E-state index in [0.717, 1.165) is 0 Å². The lowest BCUT2D eigenvalue weighted by atomic mass is 10.1. The molecule has 1 aliphatic heterocycles. The average Bonchev–Trinajstić information content (AvgIpc) is 2.92. The average molecular weight is 274 g/mol. The molecule has 4 nitrogen and oxygen atoms in total. The lowest BCUT2D eigenvalue weighted by Crippen LogP contribution is -2.05. The van der Waals surface area contributed by atoms with E-state index < -0.39 is 5.97 Å². The Morgan fingerprint density at radius 2 is 1.62 bits per heavy atom. The van der Waals surface area contributed by atoms with Gasteiger partial charge >= 0.3 is 5.97 Å². The number of rotatable bonds is 2. The van der Waals surface area contributed by atoms with Crippen LogP contribution in [0.25, 0.3) is 5.57 Å². The Bertz CT molecular complexity index is 785. The molecule has 0 aliphatic carbocycles. The predicted molar refractivity (Wildman–Crippen MR) is 78.0 cm³/mol. The van der Waals surface area contributed by atoms with Crippen molar-refractivity contribution in [3.63, 3.8) is 0 Å². The van der Waals surface area contributed by atoms with Gasteiger partial charge in [-0.15, -0.1) is 0 Å². The van der Waals surface area contributed by atoms with E-state index in [1.54, 1.807) is 36.4 Å². The standard InChI is InChI=1S/C17H10N2O2/c18-11-14(12-7-3-1-4-8-12)15-17(20)21-16(19-15)13-9-5-2-6-10-13/h1-10H/b15-14-.